The summed E-state index contributed by atoms with van der Waals surface area (Å²) >= 11 is 6.06. The lowest BCUT2D eigenvalue weighted by Crippen LogP contribution is -2.40. The normalized spacial score (nSPS) is 17.5. The predicted molar refractivity (Wildman–Crippen MR) is 150 cm³/mol. The molecule has 194 valence electrons. The van der Waals surface area contributed by atoms with Crippen LogP contribution in [0.2, 0.25) is 5.02 Å². The Kier molecular flexibility index (Phi) is 6.36. The van der Waals surface area contributed by atoms with Crippen LogP contribution in [0.5, 0.6) is 0 Å². The number of rotatable bonds is 5. The van der Waals surface area contributed by atoms with Crippen molar-refractivity contribution in [2.24, 2.45) is 0 Å². The van der Waals surface area contributed by atoms with E-state index in [-0.39, 0.29) is 10.8 Å². The van der Waals surface area contributed by atoms with Gasteiger partial charge in [0.15, 0.2) is 0 Å². The van der Waals surface area contributed by atoms with Gasteiger partial charge in [0.2, 0.25) is 10.0 Å². The van der Waals surface area contributed by atoms with Gasteiger partial charge in [-0.15, -0.1) is 0 Å². The first-order valence-electron chi connectivity index (χ1n) is 12.4. The molecule has 0 saturated carbocycles. The van der Waals surface area contributed by atoms with E-state index in [2.05, 4.69) is 10.6 Å². The third kappa shape index (κ3) is 4.33. The summed E-state index contributed by atoms with van der Waals surface area (Å²) in [7, 11) is -1.99. The Hall–Kier alpha value is -3.43. The molecular formula is C29H26ClN3O4S. The van der Waals surface area contributed by atoms with E-state index in [1.807, 2.05) is 54.7 Å². The molecule has 6 rings (SSSR count). The Morgan fingerprint density at radius 2 is 1.74 bits per heavy atom. The fourth-order valence-corrected chi connectivity index (χ4v) is 6.69. The molecule has 7 nitrogen and oxygen atoms in total. The average molecular weight is 548 g/mol. The molecule has 0 atom stereocenters. The number of ether oxygens (including phenoxy) is 1. The minimum Gasteiger partial charge on any atom is -0.379 e. The molecule has 0 radical (unpaired) electrons. The van der Waals surface area contributed by atoms with Gasteiger partial charge in [0, 0.05) is 65.5 Å². The quantitative estimate of drug-likeness (QED) is 0.334. The van der Waals surface area contributed by atoms with Gasteiger partial charge >= 0.3 is 0 Å². The van der Waals surface area contributed by atoms with Crippen LogP contribution in [-0.4, -0.2) is 56.5 Å². The lowest BCUT2D eigenvalue weighted by molar-refractivity contribution is -0.112. The van der Waals surface area contributed by atoms with Crippen molar-refractivity contribution in [3.05, 3.63) is 94.6 Å². The second kappa shape index (κ2) is 9.71. The zero-order valence-electron chi connectivity index (χ0n) is 20.8. The largest absolute Gasteiger partial charge is 0.379 e. The molecule has 38 heavy (non-hydrogen) atoms. The highest BCUT2D eigenvalue weighted by atomic mass is 35.5. The van der Waals surface area contributed by atoms with Crippen molar-refractivity contribution in [3.63, 3.8) is 0 Å². The summed E-state index contributed by atoms with van der Waals surface area (Å²) in [5, 5.41) is 1.70. The van der Waals surface area contributed by atoms with Gasteiger partial charge in [-0.2, -0.15) is 4.31 Å². The standard InChI is InChI=1S/C29H26ClN3O4S/c1-31-27-11-10-23(38(35,36)33-12-14-37-15-13-33)17-25(27)26(29(31)34)16-21-19-32(28-5-3-2-4-24(21)28)18-20-6-8-22(30)9-7-20/h2-11,16-17,19H,12-15,18H2,1H3. The molecule has 2 aliphatic heterocycles. The van der Waals surface area contributed by atoms with Gasteiger partial charge in [-0.3, -0.25) is 4.79 Å². The van der Waals surface area contributed by atoms with Gasteiger partial charge in [0.25, 0.3) is 5.91 Å². The molecule has 0 N–H and O–H groups in total. The molecule has 0 aliphatic carbocycles. The van der Waals surface area contributed by atoms with Crippen molar-refractivity contribution in [2.75, 3.05) is 38.3 Å². The summed E-state index contributed by atoms with van der Waals surface area (Å²) in [4.78, 5) is 15.1. The Balaban J connectivity index is 1.43. The smallest absolute Gasteiger partial charge is 0.258 e. The number of hydrogen-bond donors (Lipinski definition) is 0. The van der Waals surface area contributed by atoms with E-state index in [1.54, 1.807) is 30.1 Å². The number of likely N-dealkylation sites (N-methyl/N-ethyl adjacent to an activating group) is 1. The maximum atomic E-state index is 13.4. The van der Waals surface area contributed by atoms with Crippen molar-refractivity contribution in [3.8, 4) is 0 Å². The third-order valence-electron chi connectivity index (χ3n) is 7.15. The Morgan fingerprint density at radius 3 is 2.50 bits per heavy atom. The third-order valence-corrected chi connectivity index (χ3v) is 9.29. The topological polar surface area (TPSA) is 71.9 Å². The number of morpholine rings is 1. The molecule has 0 unspecified atom stereocenters. The molecule has 4 aromatic rings. The first kappa shape index (κ1) is 24.9. The molecule has 1 aromatic heterocycles. The van der Waals surface area contributed by atoms with Gasteiger partial charge in [-0.1, -0.05) is 41.9 Å². The molecule has 9 heteroatoms. The summed E-state index contributed by atoms with van der Waals surface area (Å²) in [6, 6.07) is 20.7. The van der Waals surface area contributed by atoms with E-state index in [4.69, 9.17) is 16.3 Å². The van der Waals surface area contributed by atoms with E-state index < -0.39 is 10.0 Å². The molecule has 2 aliphatic rings. The van der Waals surface area contributed by atoms with E-state index in [0.29, 0.717) is 54.7 Å². The molecule has 1 fully saturated rings. The van der Waals surface area contributed by atoms with Gasteiger partial charge in [0.05, 0.1) is 23.8 Å². The lowest BCUT2D eigenvalue weighted by atomic mass is 10.0. The minimum atomic E-state index is -3.70. The van der Waals surface area contributed by atoms with Crippen LogP contribution in [-0.2, 0) is 26.1 Å². The second-order valence-corrected chi connectivity index (χ2v) is 11.8. The number of fused-ring (bicyclic) bond motifs is 2. The van der Waals surface area contributed by atoms with Crippen molar-refractivity contribution in [2.45, 2.75) is 11.4 Å². The fourth-order valence-electron chi connectivity index (χ4n) is 5.13. The van der Waals surface area contributed by atoms with Crippen LogP contribution in [0.15, 0.2) is 77.8 Å². The number of anilines is 1. The SMILES string of the molecule is CN1C(=O)C(=Cc2cn(Cc3ccc(Cl)cc3)c3ccccc23)c2cc(S(=O)(=O)N3CCOCC3)ccc21. The van der Waals surface area contributed by atoms with E-state index >= 15 is 0 Å². The number of halogens is 1. The second-order valence-electron chi connectivity index (χ2n) is 9.47. The highest BCUT2D eigenvalue weighted by Gasteiger charge is 2.33. The van der Waals surface area contributed by atoms with Crippen LogP contribution in [0.1, 0.15) is 16.7 Å². The van der Waals surface area contributed by atoms with Crippen molar-refractivity contribution in [1.29, 1.82) is 0 Å². The van der Waals surface area contributed by atoms with Crippen molar-refractivity contribution >= 4 is 55.8 Å². The first-order valence-corrected chi connectivity index (χ1v) is 14.2. The van der Waals surface area contributed by atoms with Crippen LogP contribution in [0, 0.1) is 0 Å². The maximum absolute atomic E-state index is 13.4. The van der Waals surface area contributed by atoms with E-state index in [9.17, 15) is 13.2 Å². The number of amides is 1. The van der Waals surface area contributed by atoms with Crippen LogP contribution in [0.25, 0.3) is 22.6 Å². The number of aromatic nitrogens is 1. The highest BCUT2D eigenvalue weighted by molar-refractivity contribution is 7.89. The average Bonchev–Trinajstić information content (AvgIpc) is 3.40. The Labute approximate surface area is 226 Å². The molecule has 1 amide bonds. The van der Waals surface area contributed by atoms with Crippen molar-refractivity contribution in [1.82, 2.24) is 8.87 Å². The predicted octanol–water partition coefficient (Wildman–Crippen LogP) is 4.88. The molecule has 0 bridgehead atoms. The molecule has 1 saturated heterocycles. The van der Waals surface area contributed by atoms with Crippen LogP contribution in [0.4, 0.5) is 5.69 Å². The monoisotopic (exact) mass is 547 g/mol. The molecular weight excluding hydrogens is 522 g/mol. The van der Waals surface area contributed by atoms with Gasteiger partial charge in [0.1, 0.15) is 0 Å². The Morgan fingerprint density at radius 1 is 1.00 bits per heavy atom. The number of hydrogen-bond acceptors (Lipinski definition) is 4. The summed E-state index contributed by atoms with van der Waals surface area (Å²) in [6.45, 7) is 2.02. The zero-order valence-corrected chi connectivity index (χ0v) is 22.4. The number of carbonyl (C=O) groups excluding carboxylic acids is 1. The van der Waals surface area contributed by atoms with Crippen molar-refractivity contribution < 1.29 is 17.9 Å². The number of nitrogens with zero attached hydrogens (tertiary/aromatic N) is 3. The number of benzene rings is 3. The lowest BCUT2D eigenvalue weighted by Gasteiger charge is -2.26. The van der Waals surface area contributed by atoms with Crippen LogP contribution in [0.3, 0.4) is 0 Å². The fraction of sp³-hybridized carbons (Fsp3) is 0.207. The van der Waals surface area contributed by atoms with Gasteiger partial charge in [-0.05, 0) is 48.0 Å². The minimum absolute atomic E-state index is 0.171. The molecule has 3 aromatic carbocycles. The zero-order chi connectivity index (χ0) is 26.4. The first-order chi connectivity index (χ1) is 18.3. The number of carbonyl (C=O) groups is 1. The van der Waals surface area contributed by atoms with Gasteiger partial charge < -0.3 is 14.2 Å². The van der Waals surface area contributed by atoms with Crippen LogP contribution < -0.4 is 4.90 Å². The summed E-state index contributed by atoms with van der Waals surface area (Å²) in [5.41, 5.74) is 4.80. The van der Waals surface area contributed by atoms with E-state index in [0.717, 1.165) is 22.0 Å². The summed E-state index contributed by atoms with van der Waals surface area (Å²) < 4.78 is 35.6. The van der Waals surface area contributed by atoms with E-state index in [1.165, 1.54) is 4.31 Å². The maximum Gasteiger partial charge on any atom is 0.258 e. The Bertz CT molecular complexity index is 1690. The summed E-state index contributed by atoms with van der Waals surface area (Å²) in [6.07, 6.45) is 3.91. The number of sulfonamides is 1. The summed E-state index contributed by atoms with van der Waals surface area (Å²) in [5.74, 6) is -0.171. The molecule has 0 spiro atoms. The molecule has 3 heterocycles. The number of para-hydroxylation sites is 1. The highest BCUT2D eigenvalue weighted by Crippen LogP contribution is 2.39. The van der Waals surface area contributed by atoms with Crippen LogP contribution >= 0.6 is 11.6 Å². The van der Waals surface area contributed by atoms with Gasteiger partial charge in [-0.25, -0.2) is 8.42 Å².